The fraction of sp³-hybridized carbons (Fsp3) is 0.308. The second-order valence-corrected chi connectivity index (χ2v) is 3.33. The minimum absolute atomic E-state index is 0.556. The van der Waals surface area contributed by atoms with Gasteiger partial charge < -0.3 is 4.74 Å². The molecule has 0 fully saturated rings. The van der Waals surface area contributed by atoms with Gasteiger partial charge in [0.05, 0.1) is 12.7 Å². The third-order valence-corrected chi connectivity index (χ3v) is 2.16. The molecule has 0 heterocycles. The maximum absolute atomic E-state index is 8.88. The van der Waals surface area contributed by atoms with Gasteiger partial charge in [0.15, 0.2) is 0 Å². The standard InChI is InChI=1S/C13H15NO/c1-3-4-11-5-7-12(8-6-11)13(9-14)10-15-2/h5-8,10H,3-4H2,1-2H3/b13-10+. The Balaban J connectivity index is 2.88. The van der Waals surface area contributed by atoms with Gasteiger partial charge in [-0.25, -0.2) is 0 Å². The van der Waals surface area contributed by atoms with E-state index < -0.39 is 0 Å². The summed E-state index contributed by atoms with van der Waals surface area (Å²) in [5, 5.41) is 8.88. The first kappa shape index (κ1) is 11.3. The summed E-state index contributed by atoms with van der Waals surface area (Å²) in [4.78, 5) is 0. The summed E-state index contributed by atoms with van der Waals surface area (Å²) in [6, 6.07) is 10.1. The first-order valence-corrected chi connectivity index (χ1v) is 5.04. The lowest BCUT2D eigenvalue weighted by Crippen LogP contribution is -1.86. The Hall–Kier alpha value is -1.75. The lowest BCUT2D eigenvalue weighted by molar-refractivity contribution is 0.340. The topological polar surface area (TPSA) is 33.0 Å². The van der Waals surface area contributed by atoms with Crippen LogP contribution in [0, 0.1) is 11.3 Å². The lowest BCUT2D eigenvalue weighted by Gasteiger charge is -2.01. The quantitative estimate of drug-likeness (QED) is 0.553. The number of benzene rings is 1. The van der Waals surface area contributed by atoms with E-state index >= 15 is 0 Å². The number of nitriles is 1. The van der Waals surface area contributed by atoms with Crippen molar-refractivity contribution in [3.05, 3.63) is 41.7 Å². The van der Waals surface area contributed by atoms with Gasteiger partial charge in [-0.1, -0.05) is 37.6 Å². The van der Waals surface area contributed by atoms with Crippen molar-refractivity contribution in [3.63, 3.8) is 0 Å². The third kappa shape index (κ3) is 3.14. The molecule has 0 amide bonds. The number of rotatable bonds is 4. The van der Waals surface area contributed by atoms with E-state index in [-0.39, 0.29) is 0 Å². The van der Waals surface area contributed by atoms with Crippen LogP contribution in [0.1, 0.15) is 24.5 Å². The van der Waals surface area contributed by atoms with Crippen molar-refractivity contribution in [2.24, 2.45) is 0 Å². The third-order valence-electron chi connectivity index (χ3n) is 2.16. The highest BCUT2D eigenvalue weighted by atomic mass is 16.5. The van der Waals surface area contributed by atoms with Gasteiger partial charge in [-0.3, -0.25) is 0 Å². The highest BCUT2D eigenvalue weighted by Gasteiger charge is 2.00. The number of nitrogens with zero attached hydrogens (tertiary/aromatic N) is 1. The zero-order valence-electron chi connectivity index (χ0n) is 9.16. The van der Waals surface area contributed by atoms with E-state index in [1.54, 1.807) is 7.11 Å². The molecular formula is C13H15NO. The molecule has 2 heteroatoms. The van der Waals surface area contributed by atoms with Crippen molar-refractivity contribution < 1.29 is 4.74 Å². The maximum atomic E-state index is 8.88. The van der Waals surface area contributed by atoms with Gasteiger partial charge in [-0.15, -0.1) is 0 Å². The summed E-state index contributed by atoms with van der Waals surface area (Å²) in [6.45, 7) is 2.15. The van der Waals surface area contributed by atoms with Crippen molar-refractivity contribution in [2.75, 3.05) is 7.11 Å². The smallest absolute Gasteiger partial charge is 0.103 e. The Bertz CT molecular complexity index is 371. The van der Waals surface area contributed by atoms with E-state index in [2.05, 4.69) is 25.1 Å². The van der Waals surface area contributed by atoms with Gasteiger partial charge >= 0.3 is 0 Å². The van der Waals surface area contributed by atoms with E-state index in [1.165, 1.54) is 11.8 Å². The molecule has 0 radical (unpaired) electrons. The van der Waals surface area contributed by atoms with Gasteiger partial charge in [0.2, 0.25) is 0 Å². The largest absolute Gasteiger partial charge is 0.503 e. The number of allylic oxidation sites excluding steroid dienone is 1. The predicted molar refractivity (Wildman–Crippen MR) is 61.0 cm³/mol. The molecule has 0 saturated carbocycles. The van der Waals surface area contributed by atoms with E-state index in [4.69, 9.17) is 10.00 Å². The molecule has 0 N–H and O–H groups in total. The van der Waals surface area contributed by atoms with Crippen molar-refractivity contribution >= 4 is 5.57 Å². The SMILES string of the molecule is CCCc1ccc(/C(C#N)=C/OC)cc1. The first-order valence-electron chi connectivity index (χ1n) is 5.04. The molecule has 1 aromatic carbocycles. The summed E-state index contributed by atoms with van der Waals surface area (Å²) in [6.07, 6.45) is 3.68. The molecule has 78 valence electrons. The minimum Gasteiger partial charge on any atom is -0.503 e. The summed E-state index contributed by atoms with van der Waals surface area (Å²) in [5.74, 6) is 0. The fourth-order valence-corrected chi connectivity index (χ4v) is 1.42. The second kappa shape index (κ2) is 5.87. The average molecular weight is 201 g/mol. The number of hydrogen-bond donors (Lipinski definition) is 0. The molecule has 0 saturated heterocycles. The second-order valence-electron chi connectivity index (χ2n) is 3.33. The number of ether oxygens (including phenoxy) is 1. The highest BCUT2D eigenvalue weighted by Crippen LogP contribution is 2.15. The van der Waals surface area contributed by atoms with Crippen LogP contribution in [0.4, 0.5) is 0 Å². The van der Waals surface area contributed by atoms with Crippen LogP contribution >= 0.6 is 0 Å². The molecule has 1 rings (SSSR count). The van der Waals surface area contributed by atoms with E-state index in [0.717, 1.165) is 18.4 Å². The molecule has 0 aliphatic heterocycles. The molecule has 0 bridgehead atoms. The van der Waals surface area contributed by atoms with Crippen LogP contribution < -0.4 is 0 Å². The Morgan fingerprint density at radius 2 is 2.07 bits per heavy atom. The highest BCUT2D eigenvalue weighted by molar-refractivity contribution is 5.75. The molecular weight excluding hydrogens is 186 g/mol. The van der Waals surface area contributed by atoms with Crippen molar-refractivity contribution in [1.82, 2.24) is 0 Å². The zero-order chi connectivity index (χ0) is 11.1. The van der Waals surface area contributed by atoms with Crippen LogP contribution in [0.2, 0.25) is 0 Å². The molecule has 1 aromatic rings. The van der Waals surface area contributed by atoms with Gasteiger partial charge in [-0.2, -0.15) is 5.26 Å². The van der Waals surface area contributed by atoms with Crippen LogP contribution in [-0.2, 0) is 11.2 Å². The summed E-state index contributed by atoms with van der Waals surface area (Å²) in [7, 11) is 1.54. The van der Waals surface area contributed by atoms with Crippen molar-refractivity contribution in [3.8, 4) is 6.07 Å². The lowest BCUT2D eigenvalue weighted by atomic mass is 10.0. The Morgan fingerprint density at radius 1 is 1.40 bits per heavy atom. The molecule has 0 unspecified atom stereocenters. The normalized spacial score (nSPS) is 10.9. The molecule has 0 aliphatic carbocycles. The predicted octanol–water partition coefficient (Wildman–Crippen LogP) is 3.15. The van der Waals surface area contributed by atoms with Gasteiger partial charge in [0.25, 0.3) is 0 Å². The first-order chi connectivity index (χ1) is 7.31. The van der Waals surface area contributed by atoms with E-state index in [0.29, 0.717) is 5.57 Å². The zero-order valence-corrected chi connectivity index (χ0v) is 9.16. The molecule has 0 aliphatic rings. The number of hydrogen-bond acceptors (Lipinski definition) is 2. The summed E-state index contributed by atoms with van der Waals surface area (Å²) < 4.78 is 4.84. The van der Waals surface area contributed by atoms with E-state index in [9.17, 15) is 0 Å². The average Bonchev–Trinajstić information content (AvgIpc) is 2.28. The van der Waals surface area contributed by atoms with Crippen LogP contribution in [0.15, 0.2) is 30.5 Å². The van der Waals surface area contributed by atoms with Crippen LogP contribution in [0.5, 0.6) is 0 Å². The van der Waals surface area contributed by atoms with Crippen molar-refractivity contribution in [2.45, 2.75) is 19.8 Å². The van der Waals surface area contributed by atoms with Crippen LogP contribution in [0.25, 0.3) is 5.57 Å². The van der Waals surface area contributed by atoms with E-state index in [1.807, 2.05) is 12.1 Å². The molecule has 0 aromatic heterocycles. The van der Waals surface area contributed by atoms with Gasteiger partial charge in [-0.05, 0) is 17.5 Å². The maximum Gasteiger partial charge on any atom is 0.103 e. The Labute approximate surface area is 90.8 Å². The number of aryl methyl sites for hydroxylation is 1. The van der Waals surface area contributed by atoms with Crippen LogP contribution in [0.3, 0.4) is 0 Å². The number of methoxy groups -OCH3 is 1. The molecule has 15 heavy (non-hydrogen) atoms. The Kier molecular flexibility index (Phi) is 4.43. The summed E-state index contributed by atoms with van der Waals surface area (Å²) >= 11 is 0. The monoisotopic (exact) mass is 201 g/mol. The van der Waals surface area contributed by atoms with Crippen molar-refractivity contribution in [1.29, 1.82) is 5.26 Å². The fourth-order valence-electron chi connectivity index (χ4n) is 1.42. The minimum atomic E-state index is 0.556. The summed E-state index contributed by atoms with van der Waals surface area (Å²) in [5.41, 5.74) is 2.76. The Morgan fingerprint density at radius 3 is 2.53 bits per heavy atom. The molecule has 0 spiro atoms. The molecule has 0 atom stereocenters. The van der Waals surface area contributed by atoms with Gasteiger partial charge in [0, 0.05) is 0 Å². The van der Waals surface area contributed by atoms with Crippen LogP contribution in [-0.4, -0.2) is 7.11 Å². The van der Waals surface area contributed by atoms with Gasteiger partial charge in [0.1, 0.15) is 12.3 Å². The molecule has 2 nitrogen and oxygen atoms in total.